The standard InChI is InChI=1S/C35H37F4N5O2/c1-2-24-27(37)8-7-19-11-23(45)12-25(29(19)24)30-28(38)13-26-32(31(30)39)41-34(46-18-35-9-4-10-44(35)15-20(36)14-35)42-33(26)43-16-21-5-3-6-22(17-43)40-21/h7-8,11-13,20-22,40,45H,2-6,9-10,14-18H2,1H3/t20-,21-,22+,35+/m1/s1. The Bertz CT molecular complexity index is 1840. The molecule has 0 spiro atoms. The molecule has 4 aliphatic rings. The number of nitrogens with one attached hydrogen (secondary N) is 1. The average molecular weight is 636 g/mol. The van der Waals surface area contributed by atoms with E-state index in [1.54, 1.807) is 6.92 Å². The second kappa shape index (κ2) is 11.2. The van der Waals surface area contributed by atoms with Crippen molar-refractivity contribution in [3.63, 3.8) is 0 Å². The number of aromatic nitrogens is 2. The van der Waals surface area contributed by atoms with Crippen molar-refractivity contribution in [2.45, 2.75) is 75.7 Å². The lowest BCUT2D eigenvalue weighted by molar-refractivity contribution is 0.107. The Morgan fingerprint density at radius 1 is 1.02 bits per heavy atom. The molecule has 46 heavy (non-hydrogen) atoms. The molecule has 4 aromatic rings. The number of piperazine rings is 1. The second-order valence-corrected chi connectivity index (χ2v) is 13.5. The first kappa shape index (κ1) is 29.7. The first-order valence-electron chi connectivity index (χ1n) is 16.4. The molecular weight excluding hydrogens is 598 g/mol. The molecule has 8 rings (SSSR count). The maximum absolute atomic E-state index is 16.9. The van der Waals surface area contributed by atoms with Gasteiger partial charge in [0.25, 0.3) is 0 Å². The van der Waals surface area contributed by atoms with Gasteiger partial charge in [0.05, 0.1) is 11.1 Å². The number of phenols is 1. The van der Waals surface area contributed by atoms with Gasteiger partial charge in [-0.05, 0) is 84.8 Å². The van der Waals surface area contributed by atoms with Gasteiger partial charge in [-0.1, -0.05) is 19.4 Å². The van der Waals surface area contributed by atoms with Crippen LogP contribution in [0, 0.1) is 17.5 Å². The van der Waals surface area contributed by atoms with Crippen molar-refractivity contribution in [3.8, 4) is 22.9 Å². The fourth-order valence-electron chi connectivity index (χ4n) is 8.58. The highest BCUT2D eigenvalue weighted by molar-refractivity contribution is 6.03. The molecule has 4 atom stereocenters. The van der Waals surface area contributed by atoms with E-state index in [4.69, 9.17) is 9.72 Å². The predicted molar refractivity (Wildman–Crippen MR) is 169 cm³/mol. The van der Waals surface area contributed by atoms with Crippen LogP contribution in [0.1, 0.15) is 51.0 Å². The number of halogens is 4. The molecule has 0 amide bonds. The Morgan fingerprint density at radius 3 is 2.61 bits per heavy atom. The van der Waals surface area contributed by atoms with E-state index in [-0.39, 0.29) is 53.3 Å². The third-order valence-electron chi connectivity index (χ3n) is 10.6. The monoisotopic (exact) mass is 635 g/mol. The number of ether oxygens (including phenoxy) is 1. The van der Waals surface area contributed by atoms with Crippen LogP contribution >= 0.6 is 0 Å². The van der Waals surface area contributed by atoms with Crippen molar-refractivity contribution in [2.75, 3.05) is 37.7 Å². The molecule has 7 nitrogen and oxygen atoms in total. The zero-order chi connectivity index (χ0) is 31.7. The van der Waals surface area contributed by atoms with Crippen LogP contribution in [0.2, 0.25) is 0 Å². The van der Waals surface area contributed by atoms with Gasteiger partial charge < -0.3 is 20.1 Å². The predicted octanol–water partition coefficient (Wildman–Crippen LogP) is 6.42. The highest BCUT2D eigenvalue weighted by atomic mass is 19.1. The fraction of sp³-hybridized carbons (Fsp3) is 0.486. The van der Waals surface area contributed by atoms with Crippen LogP contribution in [0.3, 0.4) is 0 Å². The SMILES string of the molecule is CCc1c(F)ccc2cc(O)cc(-c3c(F)cc4c(N5C[C@H]6CCC[C@@H](C5)N6)nc(OC[C@@]56CCCN5C[C@H](F)C6)nc4c3F)c12. The number of piperidine rings is 1. The summed E-state index contributed by atoms with van der Waals surface area (Å²) in [4.78, 5) is 13.5. The molecule has 3 aromatic carbocycles. The molecule has 4 aliphatic heterocycles. The number of fused-ring (bicyclic) bond motifs is 5. The maximum atomic E-state index is 16.9. The van der Waals surface area contributed by atoms with Gasteiger partial charge in [0.2, 0.25) is 0 Å². The third kappa shape index (κ3) is 4.85. The molecule has 4 saturated heterocycles. The summed E-state index contributed by atoms with van der Waals surface area (Å²) in [5, 5.41) is 15.2. The lowest BCUT2D eigenvalue weighted by Gasteiger charge is -2.43. The third-order valence-corrected chi connectivity index (χ3v) is 10.6. The smallest absolute Gasteiger partial charge is 0.319 e. The zero-order valence-corrected chi connectivity index (χ0v) is 25.8. The van der Waals surface area contributed by atoms with E-state index in [1.165, 1.54) is 30.3 Å². The van der Waals surface area contributed by atoms with Crippen LogP contribution in [-0.2, 0) is 6.42 Å². The maximum Gasteiger partial charge on any atom is 0.319 e. The van der Waals surface area contributed by atoms with E-state index in [2.05, 4.69) is 20.1 Å². The molecule has 11 heteroatoms. The van der Waals surface area contributed by atoms with Crippen molar-refractivity contribution >= 4 is 27.5 Å². The summed E-state index contributed by atoms with van der Waals surface area (Å²) in [6, 6.07) is 7.16. The van der Waals surface area contributed by atoms with Crippen LogP contribution in [0.25, 0.3) is 32.8 Å². The molecule has 0 radical (unpaired) electrons. The summed E-state index contributed by atoms with van der Waals surface area (Å²) < 4.78 is 68.9. The van der Waals surface area contributed by atoms with Gasteiger partial charge in [-0.25, -0.2) is 17.6 Å². The summed E-state index contributed by atoms with van der Waals surface area (Å²) in [5.41, 5.74) is -0.644. The number of benzene rings is 3. The second-order valence-electron chi connectivity index (χ2n) is 13.5. The van der Waals surface area contributed by atoms with E-state index in [1.807, 2.05) is 0 Å². The minimum Gasteiger partial charge on any atom is -0.508 e. The number of anilines is 1. The summed E-state index contributed by atoms with van der Waals surface area (Å²) in [5.74, 6) is -2.10. The van der Waals surface area contributed by atoms with E-state index < -0.39 is 34.7 Å². The molecule has 0 saturated carbocycles. The summed E-state index contributed by atoms with van der Waals surface area (Å²) in [6.45, 7) is 4.33. The van der Waals surface area contributed by atoms with E-state index in [0.29, 0.717) is 48.2 Å². The fourth-order valence-corrected chi connectivity index (χ4v) is 8.58. The zero-order valence-electron chi connectivity index (χ0n) is 25.8. The first-order chi connectivity index (χ1) is 22.2. The molecule has 0 aliphatic carbocycles. The lowest BCUT2D eigenvalue weighted by atomic mass is 9.91. The number of hydrogen-bond donors (Lipinski definition) is 2. The number of nitrogens with zero attached hydrogens (tertiary/aromatic N) is 4. The van der Waals surface area contributed by atoms with Crippen LogP contribution < -0.4 is 15.0 Å². The molecule has 4 fully saturated rings. The summed E-state index contributed by atoms with van der Waals surface area (Å²) in [7, 11) is 0. The van der Waals surface area contributed by atoms with Crippen LogP contribution in [0.15, 0.2) is 30.3 Å². The Kier molecular flexibility index (Phi) is 7.24. The lowest BCUT2D eigenvalue weighted by Crippen LogP contribution is -2.59. The topological polar surface area (TPSA) is 73.8 Å². The molecule has 5 heterocycles. The molecule has 2 N–H and O–H groups in total. The van der Waals surface area contributed by atoms with Crippen LogP contribution in [0.4, 0.5) is 23.4 Å². The van der Waals surface area contributed by atoms with Crippen molar-refractivity contribution in [3.05, 3.63) is 53.3 Å². The largest absolute Gasteiger partial charge is 0.508 e. The Balaban J connectivity index is 1.30. The van der Waals surface area contributed by atoms with Crippen molar-refractivity contribution in [1.29, 1.82) is 0 Å². The molecule has 1 aromatic heterocycles. The Hall–Kier alpha value is -3.70. The number of aryl methyl sites for hydroxylation is 1. The Labute approximate surface area is 264 Å². The summed E-state index contributed by atoms with van der Waals surface area (Å²) in [6.07, 6.45) is 4.55. The van der Waals surface area contributed by atoms with Gasteiger partial charge in [0.1, 0.15) is 41.5 Å². The van der Waals surface area contributed by atoms with Gasteiger partial charge in [-0.2, -0.15) is 9.97 Å². The van der Waals surface area contributed by atoms with E-state index in [9.17, 15) is 13.9 Å². The molecule has 242 valence electrons. The molecule has 2 bridgehead atoms. The van der Waals surface area contributed by atoms with Crippen LogP contribution in [-0.4, -0.2) is 76.6 Å². The van der Waals surface area contributed by atoms with Crippen molar-refractivity contribution in [2.24, 2.45) is 0 Å². The highest BCUT2D eigenvalue weighted by Gasteiger charge is 2.49. The number of alkyl halides is 1. The Morgan fingerprint density at radius 2 is 1.83 bits per heavy atom. The van der Waals surface area contributed by atoms with Gasteiger partial charge in [-0.3, -0.25) is 4.90 Å². The van der Waals surface area contributed by atoms with Crippen molar-refractivity contribution < 1.29 is 27.4 Å². The number of hydrogen-bond acceptors (Lipinski definition) is 7. The van der Waals surface area contributed by atoms with Crippen molar-refractivity contribution in [1.82, 2.24) is 20.2 Å². The van der Waals surface area contributed by atoms with Crippen LogP contribution in [0.5, 0.6) is 11.8 Å². The van der Waals surface area contributed by atoms with E-state index in [0.717, 1.165) is 38.6 Å². The quantitative estimate of drug-likeness (QED) is 0.237. The molecular formula is C35H37F4N5O2. The normalized spacial score (nSPS) is 26.3. The average Bonchev–Trinajstić information content (AvgIpc) is 3.55. The van der Waals surface area contributed by atoms with Gasteiger partial charge >= 0.3 is 6.01 Å². The van der Waals surface area contributed by atoms with Gasteiger partial charge in [-0.15, -0.1) is 0 Å². The highest BCUT2D eigenvalue weighted by Crippen LogP contribution is 2.43. The minimum atomic E-state index is -0.942. The summed E-state index contributed by atoms with van der Waals surface area (Å²) >= 11 is 0. The molecule has 0 unspecified atom stereocenters. The number of phenolic OH excluding ortho intramolecular Hbond substituents is 1. The number of aromatic hydroxyl groups is 1. The first-order valence-corrected chi connectivity index (χ1v) is 16.4. The van der Waals surface area contributed by atoms with Gasteiger partial charge in [0.15, 0.2) is 5.82 Å². The number of rotatable bonds is 6. The van der Waals surface area contributed by atoms with E-state index >= 15 is 8.78 Å². The minimum absolute atomic E-state index is 0.0445. The van der Waals surface area contributed by atoms with Gasteiger partial charge in [0, 0.05) is 43.5 Å².